The Hall–Kier alpha value is -1.13. The zero-order chi connectivity index (χ0) is 11.5. The molecule has 3 nitrogen and oxygen atoms in total. The van der Waals surface area contributed by atoms with Crippen LogP contribution >= 0.6 is 15.9 Å². The van der Waals surface area contributed by atoms with Crippen LogP contribution in [-0.4, -0.2) is 12.0 Å². The quantitative estimate of drug-likeness (QED) is 0.939. The van der Waals surface area contributed by atoms with E-state index in [0.717, 1.165) is 15.8 Å². The smallest absolute Gasteiger partial charge is 0.174 e. The fourth-order valence-electron chi connectivity index (χ4n) is 1.77. The first-order valence-corrected chi connectivity index (χ1v) is 5.84. The number of aryl methyl sites for hydroxylation is 1. The van der Waals surface area contributed by atoms with Gasteiger partial charge in [0.05, 0.1) is 12.3 Å². The van der Waals surface area contributed by atoms with Crippen molar-refractivity contribution in [3.8, 4) is 0 Å². The van der Waals surface area contributed by atoms with Crippen LogP contribution in [0.5, 0.6) is 0 Å². The fraction of sp³-hybridized carbons (Fsp3) is 0.250. The van der Waals surface area contributed by atoms with Gasteiger partial charge < -0.3 is 9.73 Å². The van der Waals surface area contributed by atoms with Crippen molar-refractivity contribution in [1.29, 1.82) is 0 Å². The maximum Gasteiger partial charge on any atom is 0.174 e. The largest absolute Gasteiger partial charge is 0.457 e. The van der Waals surface area contributed by atoms with Crippen LogP contribution in [0.1, 0.15) is 22.7 Å². The predicted octanol–water partition coefficient (Wildman–Crippen LogP) is 3.05. The van der Waals surface area contributed by atoms with E-state index in [1.165, 1.54) is 5.56 Å². The lowest BCUT2D eigenvalue weighted by Gasteiger charge is -2.17. The van der Waals surface area contributed by atoms with E-state index in [1.54, 1.807) is 12.5 Å². The van der Waals surface area contributed by atoms with Crippen LogP contribution in [0.3, 0.4) is 0 Å². The minimum absolute atomic E-state index is 0.0989. The third kappa shape index (κ3) is 2.03. The van der Waals surface area contributed by atoms with Crippen LogP contribution in [0.15, 0.2) is 39.9 Å². The predicted molar refractivity (Wildman–Crippen MR) is 66.3 cm³/mol. The topological polar surface area (TPSA) is 38.1 Å². The second-order valence-corrected chi connectivity index (χ2v) is 4.32. The molecule has 0 aromatic carbocycles. The van der Waals surface area contributed by atoms with E-state index in [-0.39, 0.29) is 6.04 Å². The van der Waals surface area contributed by atoms with E-state index in [4.69, 9.17) is 4.42 Å². The van der Waals surface area contributed by atoms with E-state index >= 15 is 0 Å². The minimum Gasteiger partial charge on any atom is -0.457 e. The number of halogens is 1. The van der Waals surface area contributed by atoms with Gasteiger partial charge in [0.1, 0.15) is 0 Å². The van der Waals surface area contributed by atoms with Gasteiger partial charge in [0.15, 0.2) is 4.67 Å². The highest BCUT2D eigenvalue weighted by atomic mass is 79.9. The normalized spacial score (nSPS) is 12.7. The maximum absolute atomic E-state index is 5.26. The second kappa shape index (κ2) is 4.80. The molecule has 0 saturated heterocycles. The summed E-state index contributed by atoms with van der Waals surface area (Å²) in [6.45, 7) is 2.08. The van der Waals surface area contributed by atoms with E-state index < -0.39 is 0 Å². The third-order valence-corrected chi connectivity index (χ3v) is 3.28. The Kier molecular flexibility index (Phi) is 3.41. The van der Waals surface area contributed by atoms with Crippen molar-refractivity contribution >= 4 is 15.9 Å². The van der Waals surface area contributed by atoms with Crippen molar-refractivity contribution in [2.45, 2.75) is 13.0 Å². The summed E-state index contributed by atoms with van der Waals surface area (Å²) in [5.41, 5.74) is 3.45. The SMILES string of the molecule is CNC(c1cnccc1C)c1ccoc1Br. The Morgan fingerprint density at radius 2 is 2.19 bits per heavy atom. The number of furan rings is 1. The molecule has 0 aliphatic heterocycles. The van der Waals surface area contributed by atoms with Crippen molar-refractivity contribution in [3.05, 3.63) is 52.1 Å². The van der Waals surface area contributed by atoms with Crippen molar-refractivity contribution in [2.24, 2.45) is 0 Å². The van der Waals surface area contributed by atoms with Crippen LogP contribution in [0.25, 0.3) is 0 Å². The number of rotatable bonds is 3. The van der Waals surface area contributed by atoms with Crippen molar-refractivity contribution in [2.75, 3.05) is 7.05 Å². The molecule has 2 aromatic rings. The number of hydrogen-bond acceptors (Lipinski definition) is 3. The molecule has 0 spiro atoms. The summed E-state index contributed by atoms with van der Waals surface area (Å²) in [4.78, 5) is 4.17. The van der Waals surface area contributed by atoms with Crippen molar-refractivity contribution in [1.82, 2.24) is 10.3 Å². The standard InChI is InChI=1S/C12H13BrN2O/c1-8-3-5-15-7-10(8)11(14-2)9-4-6-16-12(9)13/h3-7,11,14H,1-2H3. The molecule has 0 fully saturated rings. The van der Waals surface area contributed by atoms with Crippen molar-refractivity contribution in [3.63, 3.8) is 0 Å². The lowest BCUT2D eigenvalue weighted by molar-refractivity contribution is 0.530. The first-order chi connectivity index (χ1) is 7.74. The summed E-state index contributed by atoms with van der Waals surface area (Å²) in [6.07, 6.45) is 5.36. The molecule has 0 amide bonds. The van der Waals surface area contributed by atoms with Gasteiger partial charge in [-0.25, -0.2) is 0 Å². The molecule has 84 valence electrons. The molecular weight excluding hydrogens is 268 g/mol. The van der Waals surface area contributed by atoms with Gasteiger partial charge in [-0.2, -0.15) is 0 Å². The average molecular weight is 281 g/mol. The summed E-state index contributed by atoms with van der Waals surface area (Å²) < 4.78 is 6.02. The van der Waals surface area contributed by atoms with E-state index in [1.807, 2.05) is 25.4 Å². The van der Waals surface area contributed by atoms with Crippen molar-refractivity contribution < 1.29 is 4.42 Å². The molecule has 0 aliphatic carbocycles. The second-order valence-electron chi connectivity index (χ2n) is 3.60. The molecule has 1 unspecified atom stereocenters. The zero-order valence-electron chi connectivity index (χ0n) is 9.20. The fourth-order valence-corrected chi connectivity index (χ4v) is 2.24. The first-order valence-electron chi connectivity index (χ1n) is 5.04. The lowest BCUT2D eigenvalue weighted by atomic mass is 9.99. The third-order valence-electron chi connectivity index (χ3n) is 2.64. The molecule has 4 heteroatoms. The summed E-state index contributed by atoms with van der Waals surface area (Å²) in [7, 11) is 1.93. The summed E-state index contributed by atoms with van der Waals surface area (Å²) in [5.74, 6) is 0. The highest BCUT2D eigenvalue weighted by molar-refractivity contribution is 9.10. The number of pyridine rings is 1. The molecule has 0 aliphatic rings. The number of hydrogen-bond donors (Lipinski definition) is 1. The summed E-state index contributed by atoms with van der Waals surface area (Å²) in [6, 6.07) is 4.06. The summed E-state index contributed by atoms with van der Waals surface area (Å²) >= 11 is 3.40. The van der Waals surface area contributed by atoms with E-state index in [9.17, 15) is 0 Å². The van der Waals surface area contributed by atoms with Gasteiger partial charge in [0.25, 0.3) is 0 Å². The van der Waals surface area contributed by atoms with E-state index in [2.05, 4.69) is 33.2 Å². The van der Waals surface area contributed by atoms with Crippen LogP contribution in [0.2, 0.25) is 0 Å². The van der Waals surface area contributed by atoms with Crippen LogP contribution in [0.4, 0.5) is 0 Å². The molecule has 2 heterocycles. The van der Waals surface area contributed by atoms with Gasteiger partial charge >= 0.3 is 0 Å². The zero-order valence-corrected chi connectivity index (χ0v) is 10.8. The molecule has 0 saturated carbocycles. The van der Waals surface area contributed by atoms with Gasteiger partial charge in [0, 0.05) is 18.0 Å². The first kappa shape index (κ1) is 11.4. The Morgan fingerprint density at radius 1 is 1.38 bits per heavy atom. The molecule has 0 radical (unpaired) electrons. The van der Waals surface area contributed by atoms with Gasteiger partial charge in [-0.3, -0.25) is 4.98 Å². The highest BCUT2D eigenvalue weighted by Crippen LogP contribution is 2.30. The van der Waals surface area contributed by atoms with Crippen LogP contribution < -0.4 is 5.32 Å². The molecule has 2 aromatic heterocycles. The molecule has 16 heavy (non-hydrogen) atoms. The van der Waals surface area contributed by atoms with Gasteiger partial charge in [-0.05, 0) is 53.2 Å². The number of nitrogens with zero attached hydrogens (tertiary/aromatic N) is 1. The van der Waals surface area contributed by atoms with Gasteiger partial charge in [0.2, 0.25) is 0 Å². The molecular formula is C12H13BrN2O. The molecule has 1 atom stereocenters. The Labute approximate surface area is 103 Å². The maximum atomic E-state index is 5.26. The van der Waals surface area contributed by atoms with Gasteiger partial charge in [-0.15, -0.1) is 0 Å². The lowest BCUT2D eigenvalue weighted by Crippen LogP contribution is -2.18. The van der Waals surface area contributed by atoms with Crippen LogP contribution in [0, 0.1) is 6.92 Å². The monoisotopic (exact) mass is 280 g/mol. The Morgan fingerprint density at radius 3 is 2.75 bits per heavy atom. The molecule has 0 bridgehead atoms. The molecule has 2 rings (SSSR count). The Balaban J connectivity index is 2.45. The van der Waals surface area contributed by atoms with Gasteiger partial charge in [-0.1, -0.05) is 0 Å². The number of aromatic nitrogens is 1. The highest BCUT2D eigenvalue weighted by Gasteiger charge is 2.18. The molecule has 1 N–H and O–H groups in total. The van der Waals surface area contributed by atoms with Crippen LogP contribution in [-0.2, 0) is 0 Å². The number of nitrogens with one attached hydrogen (secondary N) is 1. The Bertz CT molecular complexity index is 481. The van der Waals surface area contributed by atoms with E-state index in [0.29, 0.717) is 0 Å². The summed E-state index contributed by atoms with van der Waals surface area (Å²) in [5, 5.41) is 3.27. The average Bonchev–Trinajstić information content (AvgIpc) is 2.69. The minimum atomic E-state index is 0.0989.